The van der Waals surface area contributed by atoms with E-state index in [2.05, 4.69) is 14.7 Å². The van der Waals surface area contributed by atoms with Crippen molar-refractivity contribution in [3.63, 3.8) is 0 Å². The first-order valence-corrected chi connectivity index (χ1v) is 11.7. The summed E-state index contributed by atoms with van der Waals surface area (Å²) in [6.07, 6.45) is -4.93. The van der Waals surface area contributed by atoms with E-state index in [1.54, 1.807) is 34.6 Å². The summed E-state index contributed by atoms with van der Waals surface area (Å²) in [7, 11) is 0. The molecule has 37 heavy (non-hydrogen) atoms. The third kappa shape index (κ3) is 5.49. The molecule has 2 atom stereocenters. The minimum absolute atomic E-state index is 0.0214. The van der Waals surface area contributed by atoms with Crippen LogP contribution >= 0.6 is 0 Å². The molecule has 4 rings (SSSR count). The second-order valence-corrected chi connectivity index (χ2v) is 10.7. The topological polar surface area (TPSA) is 98.0 Å². The van der Waals surface area contributed by atoms with Gasteiger partial charge >= 0.3 is 18.2 Å². The molecule has 2 aliphatic rings. The first-order chi connectivity index (χ1) is 17.1. The van der Waals surface area contributed by atoms with E-state index in [0.29, 0.717) is 13.0 Å². The molecule has 0 bridgehead atoms. The van der Waals surface area contributed by atoms with E-state index in [1.807, 2.05) is 0 Å². The fourth-order valence-electron chi connectivity index (χ4n) is 4.34. The SMILES string of the molecule is CC1COc2cc(-c3noc(C(F)(F)F)n3)cc(F)c2CN1C(=O)C1(C)CCN(C(=O)OC(C)(C)C)C1. The zero-order valence-corrected chi connectivity index (χ0v) is 21.1. The summed E-state index contributed by atoms with van der Waals surface area (Å²) in [5.41, 5.74) is -1.57. The third-order valence-corrected chi connectivity index (χ3v) is 6.32. The number of aromatic nitrogens is 2. The number of rotatable bonds is 2. The molecule has 3 heterocycles. The van der Waals surface area contributed by atoms with Crippen LogP contribution in [0.1, 0.15) is 52.5 Å². The molecule has 9 nitrogen and oxygen atoms in total. The Hall–Kier alpha value is -3.38. The van der Waals surface area contributed by atoms with Crippen molar-refractivity contribution in [2.75, 3.05) is 19.7 Å². The lowest BCUT2D eigenvalue weighted by Crippen LogP contribution is -2.49. The van der Waals surface area contributed by atoms with Crippen LogP contribution in [0.5, 0.6) is 5.75 Å². The van der Waals surface area contributed by atoms with Gasteiger partial charge in [0.1, 0.15) is 23.8 Å². The summed E-state index contributed by atoms with van der Waals surface area (Å²) in [5.74, 6) is -2.97. The third-order valence-electron chi connectivity index (χ3n) is 6.32. The van der Waals surface area contributed by atoms with Gasteiger partial charge in [-0.3, -0.25) is 4.79 Å². The highest BCUT2D eigenvalue weighted by molar-refractivity contribution is 5.84. The van der Waals surface area contributed by atoms with Crippen LogP contribution < -0.4 is 4.74 Å². The van der Waals surface area contributed by atoms with Gasteiger partial charge in [0, 0.05) is 24.2 Å². The van der Waals surface area contributed by atoms with Crippen molar-refractivity contribution in [3.8, 4) is 17.1 Å². The number of benzene rings is 1. The minimum atomic E-state index is -4.84. The smallest absolute Gasteiger partial charge is 0.471 e. The average molecular weight is 529 g/mol. The van der Waals surface area contributed by atoms with Crippen molar-refractivity contribution in [1.82, 2.24) is 19.9 Å². The van der Waals surface area contributed by atoms with Gasteiger partial charge in [-0.1, -0.05) is 5.16 Å². The first-order valence-electron chi connectivity index (χ1n) is 11.7. The summed E-state index contributed by atoms with van der Waals surface area (Å²) in [5, 5.41) is 3.29. The van der Waals surface area contributed by atoms with Gasteiger partial charge in [0.05, 0.1) is 18.0 Å². The number of hydrogen-bond donors (Lipinski definition) is 0. The van der Waals surface area contributed by atoms with Gasteiger partial charge in [0.15, 0.2) is 0 Å². The molecule has 0 radical (unpaired) electrons. The number of amides is 2. The molecule has 2 aliphatic heterocycles. The molecule has 0 aliphatic carbocycles. The van der Waals surface area contributed by atoms with Gasteiger partial charge in [-0.25, -0.2) is 9.18 Å². The van der Waals surface area contributed by atoms with Crippen molar-refractivity contribution in [3.05, 3.63) is 29.4 Å². The molecule has 1 aromatic carbocycles. The quantitative estimate of drug-likeness (QED) is 0.524. The molecule has 0 N–H and O–H groups in total. The van der Waals surface area contributed by atoms with Gasteiger partial charge < -0.3 is 23.8 Å². The summed E-state index contributed by atoms with van der Waals surface area (Å²) in [6.45, 7) is 9.18. The molecule has 2 unspecified atom stereocenters. The number of halogens is 4. The van der Waals surface area contributed by atoms with Gasteiger partial charge in [0.2, 0.25) is 11.7 Å². The van der Waals surface area contributed by atoms with Gasteiger partial charge in [-0.15, -0.1) is 0 Å². The Labute approximate surface area is 210 Å². The summed E-state index contributed by atoms with van der Waals surface area (Å²) < 4.78 is 69.1. The maximum Gasteiger partial charge on any atom is 0.471 e. The molecule has 13 heteroatoms. The predicted octanol–water partition coefficient (Wildman–Crippen LogP) is 4.65. The van der Waals surface area contributed by atoms with Crippen molar-refractivity contribution >= 4 is 12.0 Å². The molecule has 2 aromatic rings. The van der Waals surface area contributed by atoms with Crippen LogP contribution in [0.4, 0.5) is 22.4 Å². The average Bonchev–Trinajstić information content (AvgIpc) is 3.39. The highest BCUT2D eigenvalue weighted by Gasteiger charge is 2.46. The number of nitrogens with zero attached hydrogens (tertiary/aromatic N) is 4. The lowest BCUT2D eigenvalue weighted by atomic mass is 9.87. The van der Waals surface area contributed by atoms with E-state index in [-0.39, 0.29) is 42.5 Å². The number of carbonyl (C=O) groups excluding carboxylic acids is 2. The molecule has 0 spiro atoms. The highest BCUT2D eigenvalue weighted by Crippen LogP contribution is 2.38. The van der Waals surface area contributed by atoms with Crippen LogP contribution in [0.2, 0.25) is 0 Å². The van der Waals surface area contributed by atoms with Crippen molar-refractivity contribution < 1.29 is 41.1 Å². The molecular formula is C24H28F4N4O5. The van der Waals surface area contributed by atoms with Crippen LogP contribution in [0, 0.1) is 11.2 Å². The zero-order chi connectivity index (χ0) is 27.3. The maximum absolute atomic E-state index is 15.2. The lowest BCUT2D eigenvalue weighted by Gasteiger charge is -2.34. The molecule has 202 valence electrons. The maximum atomic E-state index is 15.2. The second kappa shape index (κ2) is 9.18. The van der Waals surface area contributed by atoms with E-state index in [1.165, 1.54) is 15.9 Å². The summed E-state index contributed by atoms with van der Waals surface area (Å²) >= 11 is 0. The van der Waals surface area contributed by atoms with Crippen LogP contribution in [0.15, 0.2) is 16.7 Å². The Balaban J connectivity index is 1.56. The lowest BCUT2D eigenvalue weighted by molar-refractivity contribution is -0.159. The second-order valence-electron chi connectivity index (χ2n) is 10.7. The summed E-state index contributed by atoms with van der Waals surface area (Å²) in [4.78, 5) is 32.5. The largest absolute Gasteiger partial charge is 0.491 e. The number of alkyl halides is 3. The Kier molecular flexibility index (Phi) is 6.62. The van der Waals surface area contributed by atoms with Gasteiger partial charge in [-0.05, 0) is 53.2 Å². The monoisotopic (exact) mass is 528 g/mol. The van der Waals surface area contributed by atoms with E-state index < -0.39 is 46.9 Å². The minimum Gasteiger partial charge on any atom is -0.491 e. The Morgan fingerprint density at radius 2 is 1.92 bits per heavy atom. The number of fused-ring (bicyclic) bond motifs is 1. The van der Waals surface area contributed by atoms with Crippen LogP contribution in [0.3, 0.4) is 0 Å². The predicted molar refractivity (Wildman–Crippen MR) is 121 cm³/mol. The number of hydrogen-bond acceptors (Lipinski definition) is 7. The van der Waals surface area contributed by atoms with Crippen molar-refractivity contribution in [1.29, 1.82) is 0 Å². The van der Waals surface area contributed by atoms with E-state index in [0.717, 1.165) is 6.07 Å². The normalized spacial score (nSPS) is 22.4. The van der Waals surface area contributed by atoms with Crippen LogP contribution in [-0.2, 0) is 22.3 Å². The fourth-order valence-corrected chi connectivity index (χ4v) is 4.34. The van der Waals surface area contributed by atoms with Crippen molar-refractivity contribution in [2.24, 2.45) is 5.41 Å². The van der Waals surface area contributed by atoms with E-state index in [4.69, 9.17) is 9.47 Å². The Morgan fingerprint density at radius 3 is 2.54 bits per heavy atom. The van der Waals surface area contributed by atoms with Gasteiger partial charge in [-0.2, -0.15) is 18.2 Å². The first kappa shape index (κ1) is 26.7. The van der Waals surface area contributed by atoms with Crippen molar-refractivity contribution in [2.45, 2.75) is 65.4 Å². The van der Waals surface area contributed by atoms with Crippen LogP contribution in [-0.4, -0.2) is 63.3 Å². The number of ether oxygens (including phenoxy) is 2. The van der Waals surface area contributed by atoms with E-state index >= 15 is 4.39 Å². The molecule has 2 amide bonds. The molecule has 1 fully saturated rings. The molecular weight excluding hydrogens is 500 g/mol. The standard InChI is InChI=1S/C24H28F4N4O5/c1-13-11-35-17-9-14(18-29-19(37-30-18)24(26,27)28)8-16(25)15(17)10-32(13)20(33)23(5)6-7-31(12-23)21(34)36-22(2,3)4/h8-9,13H,6-7,10-12H2,1-5H3. The van der Waals surface area contributed by atoms with E-state index in [9.17, 15) is 22.8 Å². The number of likely N-dealkylation sites (tertiary alicyclic amines) is 1. The Bertz CT molecular complexity index is 1210. The van der Waals surface area contributed by atoms with Crippen LogP contribution in [0.25, 0.3) is 11.4 Å². The van der Waals surface area contributed by atoms with Gasteiger partial charge in [0.25, 0.3) is 0 Å². The zero-order valence-electron chi connectivity index (χ0n) is 21.1. The number of carbonyl (C=O) groups is 2. The molecule has 1 saturated heterocycles. The molecule has 0 saturated carbocycles. The summed E-state index contributed by atoms with van der Waals surface area (Å²) in [6, 6.07) is 1.86. The molecule has 1 aromatic heterocycles. The fraction of sp³-hybridized carbons (Fsp3) is 0.583. The highest BCUT2D eigenvalue weighted by atomic mass is 19.4. The Morgan fingerprint density at radius 1 is 1.22 bits per heavy atom.